The number of rotatable bonds is 4. The molecule has 1 aromatic carbocycles. The van der Waals surface area contributed by atoms with Gasteiger partial charge < -0.3 is 9.30 Å². The third-order valence-corrected chi connectivity index (χ3v) is 5.50. The second kappa shape index (κ2) is 6.67. The Labute approximate surface area is 162 Å². The second-order valence-corrected chi connectivity index (χ2v) is 7.44. The fourth-order valence-electron chi connectivity index (χ4n) is 4.15. The van der Waals surface area contributed by atoms with Gasteiger partial charge in [-0.15, -0.1) is 0 Å². The first-order valence-electron chi connectivity index (χ1n) is 9.95. The van der Waals surface area contributed by atoms with Crippen LogP contribution >= 0.6 is 0 Å². The Hall–Kier alpha value is -2.80. The lowest BCUT2D eigenvalue weighted by Gasteiger charge is -2.13. The molecule has 0 aliphatic carbocycles. The summed E-state index contributed by atoms with van der Waals surface area (Å²) in [6, 6.07) is 7.76. The molecule has 0 radical (unpaired) electrons. The maximum absolute atomic E-state index is 13.4. The van der Waals surface area contributed by atoms with E-state index in [0.717, 1.165) is 42.7 Å². The monoisotopic (exact) mass is 377 g/mol. The van der Waals surface area contributed by atoms with Gasteiger partial charge in [0.2, 0.25) is 0 Å². The molecular formula is C21H23N5O2. The third-order valence-electron chi connectivity index (χ3n) is 5.50. The average Bonchev–Trinajstić information content (AvgIpc) is 3.31. The van der Waals surface area contributed by atoms with Gasteiger partial charge in [-0.05, 0) is 38.3 Å². The van der Waals surface area contributed by atoms with Gasteiger partial charge in [-0.25, -0.2) is 15.0 Å². The van der Waals surface area contributed by atoms with Gasteiger partial charge in [0.05, 0.1) is 23.7 Å². The van der Waals surface area contributed by atoms with Gasteiger partial charge in [0, 0.05) is 13.2 Å². The van der Waals surface area contributed by atoms with Crippen molar-refractivity contribution in [2.45, 2.75) is 52.3 Å². The van der Waals surface area contributed by atoms with Gasteiger partial charge in [-0.2, -0.15) is 0 Å². The normalized spacial score (nSPS) is 17.3. The van der Waals surface area contributed by atoms with E-state index in [0.29, 0.717) is 35.3 Å². The zero-order valence-corrected chi connectivity index (χ0v) is 16.2. The minimum Gasteiger partial charge on any atom is -0.376 e. The number of fused-ring (bicyclic) bond motifs is 4. The van der Waals surface area contributed by atoms with E-state index in [1.54, 1.807) is 4.57 Å². The lowest BCUT2D eigenvalue weighted by atomic mass is 10.2. The summed E-state index contributed by atoms with van der Waals surface area (Å²) in [5, 5.41) is 0.560. The number of hydrogen-bond donors (Lipinski definition) is 0. The summed E-state index contributed by atoms with van der Waals surface area (Å²) in [6.45, 7) is 6.02. The Morgan fingerprint density at radius 3 is 2.61 bits per heavy atom. The molecule has 1 fully saturated rings. The van der Waals surface area contributed by atoms with Crippen LogP contribution in [-0.4, -0.2) is 36.8 Å². The fourth-order valence-corrected chi connectivity index (χ4v) is 4.15. The SMILES string of the molecule is CCCn1c(C)nc2c(c1=O)c1nc3ccccc3nc1n2C[C@H]1CCCO1. The molecule has 0 bridgehead atoms. The minimum absolute atomic E-state index is 0.0370. The smallest absolute Gasteiger partial charge is 0.265 e. The quantitative estimate of drug-likeness (QED) is 0.546. The predicted molar refractivity (Wildman–Crippen MR) is 109 cm³/mol. The Bertz CT molecular complexity index is 1250. The van der Waals surface area contributed by atoms with Gasteiger partial charge in [-0.3, -0.25) is 9.36 Å². The Balaban J connectivity index is 1.88. The molecule has 0 N–H and O–H groups in total. The third kappa shape index (κ3) is 2.61. The van der Waals surface area contributed by atoms with Crippen LogP contribution in [0.5, 0.6) is 0 Å². The molecule has 0 spiro atoms. The highest BCUT2D eigenvalue weighted by Gasteiger charge is 2.24. The summed E-state index contributed by atoms with van der Waals surface area (Å²) in [7, 11) is 0. The molecule has 5 rings (SSSR count). The summed E-state index contributed by atoms with van der Waals surface area (Å²) in [4.78, 5) is 27.8. The first-order chi connectivity index (χ1) is 13.7. The van der Waals surface area contributed by atoms with Crippen LogP contribution in [0.3, 0.4) is 0 Å². The van der Waals surface area contributed by atoms with E-state index in [1.165, 1.54) is 0 Å². The molecule has 144 valence electrons. The van der Waals surface area contributed by atoms with Crippen LogP contribution in [0.1, 0.15) is 32.0 Å². The maximum Gasteiger partial charge on any atom is 0.265 e. The summed E-state index contributed by atoms with van der Waals surface area (Å²) < 4.78 is 9.63. The van der Waals surface area contributed by atoms with E-state index >= 15 is 0 Å². The summed E-state index contributed by atoms with van der Waals surface area (Å²) in [5.41, 5.74) is 3.57. The number of aromatic nitrogens is 5. The van der Waals surface area contributed by atoms with Crippen molar-refractivity contribution in [2.24, 2.45) is 0 Å². The van der Waals surface area contributed by atoms with Crippen molar-refractivity contribution >= 4 is 33.2 Å². The maximum atomic E-state index is 13.4. The van der Waals surface area contributed by atoms with Crippen LogP contribution in [0.25, 0.3) is 33.2 Å². The summed E-state index contributed by atoms with van der Waals surface area (Å²) in [6.07, 6.45) is 3.06. The van der Waals surface area contributed by atoms with Crippen molar-refractivity contribution in [1.29, 1.82) is 0 Å². The molecule has 1 atom stereocenters. The molecule has 28 heavy (non-hydrogen) atoms. The molecule has 0 amide bonds. The van der Waals surface area contributed by atoms with Gasteiger partial charge in [0.1, 0.15) is 16.7 Å². The summed E-state index contributed by atoms with van der Waals surface area (Å²) >= 11 is 0. The van der Waals surface area contributed by atoms with E-state index < -0.39 is 0 Å². The summed E-state index contributed by atoms with van der Waals surface area (Å²) in [5.74, 6) is 0.723. The fraction of sp³-hybridized carbons (Fsp3) is 0.429. The van der Waals surface area contributed by atoms with Gasteiger partial charge in [0.15, 0.2) is 11.3 Å². The van der Waals surface area contributed by atoms with Gasteiger partial charge >= 0.3 is 0 Å². The lowest BCUT2D eigenvalue weighted by Crippen LogP contribution is -2.24. The van der Waals surface area contributed by atoms with Crippen molar-refractivity contribution in [2.75, 3.05) is 6.61 Å². The molecule has 1 saturated heterocycles. The van der Waals surface area contributed by atoms with Crippen LogP contribution < -0.4 is 5.56 Å². The molecule has 3 aromatic heterocycles. The standard InChI is InChI=1S/C21H23N5O2/c1-3-10-25-13(2)22-19-17(21(25)27)18-20(26(19)12-14-7-6-11-28-14)24-16-9-5-4-8-15(16)23-18/h4-5,8-9,14H,3,6-7,10-12H2,1-2H3/t14-/m1/s1. The van der Waals surface area contributed by atoms with Gasteiger partial charge in [0.25, 0.3) is 5.56 Å². The second-order valence-electron chi connectivity index (χ2n) is 7.44. The number of hydrogen-bond acceptors (Lipinski definition) is 5. The number of ether oxygens (including phenoxy) is 1. The van der Waals surface area contributed by atoms with Crippen LogP contribution in [0.4, 0.5) is 0 Å². The molecule has 0 unspecified atom stereocenters. The molecule has 0 saturated carbocycles. The highest BCUT2D eigenvalue weighted by atomic mass is 16.5. The number of aryl methyl sites for hydroxylation is 1. The largest absolute Gasteiger partial charge is 0.376 e. The van der Waals surface area contributed by atoms with Crippen molar-refractivity contribution in [3.63, 3.8) is 0 Å². The van der Waals surface area contributed by atoms with Crippen molar-refractivity contribution in [1.82, 2.24) is 24.1 Å². The van der Waals surface area contributed by atoms with Crippen molar-refractivity contribution in [3.05, 3.63) is 40.4 Å². The molecule has 7 nitrogen and oxygen atoms in total. The van der Waals surface area contributed by atoms with E-state index in [9.17, 15) is 4.79 Å². The molecule has 7 heteroatoms. The molecule has 1 aliphatic heterocycles. The predicted octanol–water partition coefficient (Wildman–Crippen LogP) is 3.19. The van der Waals surface area contributed by atoms with E-state index in [2.05, 4.69) is 6.92 Å². The molecule has 4 aromatic rings. The average molecular weight is 377 g/mol. The first-order valence-corrected chi connectivity index (χ1v) is 9.95. The Morgan fingerprint density at radius 1 is 1.11 bits per heavy atom. The molecule has 1 aliphatic rings. The van der Waals surface area contributed by atoms with E-state index in [-0.39, 0.29) is 11.7 Å². The van der Waals surface area contributed by atoms with Crippen molar-refractivity contribution in [3.8, 4) is 0 Å². The Kier molecular flexibility index (Phi) is 4.12. The lowest BCUT2D eigenvalue weighted by molar-refractivity contribution is 0.0987. The van der Waals surface area contributed by atoms with Crippen LogP contribution in [0, 0.1) is 6.92 Å². The molecular weight excluding hydrogens is 354 g/mol. The number of nitrogens with zero attached hydrogens (tertiary/aromatic N) is 5. The van der Waals surface area contributed by atoms with Gasteiger partial charge in [-0.1, -0.05) is 19.1 Å². The highest BCUT2D eigenvalue weighted by Crippen LogP contribution is 2.27. The number of para-hydroxylation sites is 2. The van der Waals surface area contributed by atoms with E-state index in [4.69, 9.17) is 19.7 Å². The molecule has 4 heterocycles. The first kappa shape index (κ1) is 17.3. The number of benzene rings is 1. The van der Waals surface area contributed by atoms with Crippen LogP contribution in [0.2, 0.25) is 0 Å². The van der Waals surface area contributed by atoms with Crippen LogP contribution in [-0.2, 0) is 17.8 Å². The van der Waals surface area contributed by atoms with Crippen LogP contribution in [0.15, 0.2) is 29.1 Å². The van der Waals surface area contributed by atoms with E-state index in [1.807, 2.05) is 35.8 Å². The minimum atomic E-state index is -0.0370. The topological polar surface area (TPSA) is 74.8 Å². The Morgan fingerprint density at radius 2 is 1.89 bits per heavy atom. The van der Waals surface area contributed by atoms with Crippen molar-refractivity contribution < 1.29 is 4.74 Å². The zero-order valence-electron chi connectivity index (χ0n) is 16.2. The highest BCUT2D eigenvalue weighted by molar-refractivity contribution is 6.04. The zero-order chi connectivity index (χ0) is 19.3.